The first-order chi connectivity index (χ1) is 18.5. The molecule has 0 N–H and O–H groups in total. The minimum absolute atomic E-state index is 0.0654. The molecule has 0 heterocycles. The van der Waals surface area contributed by atoms with Gasteiger partial charge in [0.25, 0.3) is 10.1 Å². The van der Waals surface area contributed by atoms with E-state index in [4.69, 9.17) is 13.7 Å². The van der Waals surface area contributed by atoms with E-state index in [0.717, 1.165) is 22.3 Å². The van der Waals surface area contributed by atoms with Crippen molar-refractivity contribution in [3.05, 3.63) is 150 Å². The molecule has 0 aliphatic rings. The van der Waals surface area contributed by atoms with Crippen LogP contribution in [0.5, 0.6) is 0 Å². The Balaban J connectivity index is 1.66. The molecule has 0 aliphatic carbocycles. The van der Waals surface area contributed by atoms with Crippen LogP contribution in [0.25, 0.3) is 0 Å². The van der Waals surface area contributed by atoms with Crippen molar-refractivity contribution in [2.45, 2.75) is 23.5 Å². The monoisotopic (exact) mass is 528 g/mol. The van der Waals surface area contributed by atoms with Gasteiger partial charge in [-0.25, -0.2) is 0 Å². The summed E-state index contributed by atoms with van der Waals surface area (Å²) in [5.74, 6) is 0. The maximum Gasteiger partial charge on any atom is 0.297 e. The lowest BCUT2D eigenvalue weighted by Crippen LogP contribution is -2.38. The van der Waals surface area contributed by atoms with E-state index in [-0.39, 0.29) is 24.7 Å². The molecule has 0 bridgehead atoms. The Morgan fingerprint density at radius 2 is 1.21 bits per heavy atom. The van der Waals surface area contributed by atoms with Gasteiger partial charge in [0.15, 0.2) is 0 Å². The average molecular weight is 529 g/mol. The molecule has 0 saturated carbocycles. The van der Waals surface area contributed by atoms with Gasteiger partial charge in [-0.1, -0.05) is 115 Å². The van der Waals surface area contributed by atoms with Crippen molar-refractivity contribution >= 4 is 10.1 Å². The molecule has 0 amide bonds. The predicted molar refractivity (Wildman–Crippen MR) is 149 cm³/mol. The largest absolute Gasteiger partial charge is 0.369 e. The molecule has 5 nitrogen and oxygen atoms in total. The molecule has 196 valence electrons. The molecule has 0 radical (unpaired) electrons. The van der Waals surface area contributed by atoms with Crippen LogP contribution in [0.4, 0.5) is 0 Å². The molecule has 38 heavy (non-hydrogen) atoms. The molecule has 4 rings (SSSR count). The van der Waals surface area contributed by atoms with Gasteiger partial charge in [0.2, 0.25) is 0 Å². The van der Waals surface area contributed by atoms with Crippen LogP contribution in [-0.2, 0) is 29.4 Å². The fraction of sp³-hybridized carbons (Fsp3) is 0.188. The Morgan fingerprint density at radius 3 is 1.66 bits per heavy atom. The van der Waals surface area contributed by atoms with E-state index in [1.54, 1.807) is 18.2 Å². The van der Waals surface area contributed by atoms with E-state index in [1.165, 1.54) is 12.1 Å². The van der Waals surface area contributed by atoms with Crippen molar-refractivity contribution in [3.63, 3.8) is 0 Å². The van der Waals surface area contributed by atoms with Crippen molar-refractivity contribution in [1.29, 1.82) is 0 Å². The van der Waals surface area contributed by atoms with E-state index in [2.05, 4.69) is 6.58 Å². The Kier molecular flexibility index (Phi) is 9.26. The summed E-state index contributed by atoms with van der Waals surface area (Å²) in [6.45, 7) is 5.69. The number of aryl methyl sites for hydroxylation is 1. The van der Waals surface area contributed by atoms with Gasteiger partial charge in [0.05, 0.1) is 24.7 Å². The molecular weight excluding hydrogens is 496 g/mol. The number of benzene rings is 4. The second-order valence-corrected chi connectivity index (χ2v) is 10.5. The smallest absolute Gasteiger partial charge is 0.297 e. The van der Waals surface area contributed by atoms with Gasteiger partial charge < -0.3 is 9.47 Å². The second kappa shape index (κ2) is 12.8. The highest BCUT2D eigenvalue weighted by Gasteiger charge is 2.38. The van der Waals surface area contributed by atoms with E-state index in [0.29, 0.717) is 0 Å². The first-order valence-electron chi connectivity index (χ1n) is 12.4. The minimum Gasteiger partial charge on any atom is -0.369 e. The summed E-state index contributed by atoms with van der Waals surface area (Å²) in [7, 11) is -3.97. The Bertz CT molecular complexity index is 1290. The fourth-order valence-corrected chi connectivity index (χ4v) is 5.21. The van der Waals surface area contributed by atoms with Crippen LogP contribution >= 0.6 is 0 Å². The molecule has 0 spiro atoms. The standard InChI is InChI=1S/C32H32O5S/c1-3-23-35-30(25-37-38(33,34)31-21-19-26(2)20-22-31)24-36-32(27-13-7-4-8-14-27,28-15-9-5-10-16-28)29-17-11-6-12-18-29/h3-22,30H,1,23-25H2,2H3. The minimum atomic E-state index is -3.97. The second-order valence-electron chi connectivity index (χ2n) is 8.89. The summed E-state index contributed by atoms with van der Waals surface area (Å²) in [6, 6.07) is 36.4. The molecule has 6 heteroatoms. The van der Waals surface area contributed by atoms with Crippen LogP contribution in [0, 0.1) is 6.92 Å². The third-order valence-corrected chi connectivity index (χ3v) is 7.49. The zero-order valence-corrected chi connectivity index (χ0v) is 22.2. The van der Waals surface area contributed by atoms with Gasteiger partial charge in [0.1, 0.15) is 11.7 Å². The predicted octanol–water partition coefficient (Wildman–Crippen LogP) is 6.28. The summed E-state index contributed by atoms with van der Waals surface area (Å²) in [4.78, 5) is 0.0960. The summed E-state index contributed by atoms with van der Waals surface area (Å²) in [6.07, 6.45) is 0.934. The summed E-state index contributed by atoms with van der Waals surface area (Å²) in [5.41, 5.74) is 2.81. The third-order valence-electron chi connectivity index (χ3n) is 6.20. The van der Waals surface area contributed by atoms with Gasteiger partial charge in [-0.15, -0.1) is 6.58 Å². The molecule has 1 unspecified atom stereocenters. The molecule has 1 atom stereocenters. The van der Waals surface area contributed by atoms with Crippen molar-refractivity contribution in [2.75, 3.05) is 19.8 Å². The highest BCUT2D eigenvalue weighted by atomic mass is 32.2. The molecule has 4 aromatic carbocycles. The molecular formula is C32H32O5S. The molecule has 0 fully saturated rings. The van der Waals surface area contributed by atoms with Crippen LogP contribution in [0.15, 0.2) is 133 Å². The Hall–Kier alpha value is -3.55. The SMILES string of the molecule is C=CCOC(COC(c1ccccc1)(c1ccccc1)c1ccccc1)COS(=O)(=O)c1ccc(C)cc1. The van der Waals surface area contributed by atoms with Gasteiger partial charge in [-0.05, 0) is 35.7 Å². The summed E-state index contributed by atoms with van der Waals surface area (Å²) < 4.78 is 43.8. The highest BCUT2D eigenvalue weighted by Crippen LogP contribution is 2.40. The van der Waals surface area contributed by atoms with Gasteiger partial charge in [-0.2, -0.15) is 8.42 Å². The van der Waals surface area contributed by atoms with Crippen LogP contribution in [0.2, 0.25) is 0 Å². The lowest BCUT2D eigenvalue weighted by molar-refractivity contribution is -0.0709. The number of hydrogen-bond acceptors (Lipinski definition) is 5. The van der Waals surface area contributed by atoms with Gasteiger partial charge >= 0.3 is 0 Å². The van der Waals surface area contributed by atoms with Crippen LogP contribution < -0.4 is 0 Å². The molecule has 0 saturated heterocycles. The summed E-state index contributed by atoms with van der Waals surface area (Å²) in [5, 5.41) is 0. The molecule has 0 aliphatic heterocycles. The lowest BCUT2D eigenvalue weighted by atomic mass is 9.80. The van der Waals surface area contributed by atoms with Crippen molar-refractivity contribution < 1.29 is 22.1 Å². The van der Waals surface area contributed by atoms with Crippen molar-refractivity contribution in [1.82, 2.24) is 0 Å². The lowest BCUT2D eigenvalue weighted by Gasteiger charge is -2.37. The topological polar surface area (TPSA) is 61.8 Å². The van der Waals surface area contributed by atoms with Crippen LogP contribution in [-0.4, -0.2) is 34.3 Å². The van der Waals surface area contributed by atoms with E-state index >= 15 is 0 Å². The van der Waals surface area contributed by atoms with Crippen molar-refractivity contribution in [2.24, 2.45) is 0 Å². The fourth-order valence-electron chi connectivity index (χ4n) is 4.27. The van der Waals surface area contributed by atoms with Crippen LogP contribution in [0.1, 0.15) is 22.3 Å². The van der Waals surface area contributed by atoms with E-state index < -0.39 is 21.8 Å². The zero-order valence-electron chi connectivity index (χ0n) is 21.4. The summed E-state index contributed by atoms with van der Waals surface area (Å²) >= 11 is 0. The Morgan fingerprint density at radius 1 is 0.737 bits per heavy atom. The number of hydrogen-bond donors (Lipinski definition) is 0. The van der Waals surface area contributed by atoms with Gasteiger partial charge in [0, 0.05) is 0 Å². The quantitative estimate of drug-likeness (QED) is 0.116. The van der Waals surface area contributed by atoms with Crippen LogP contribution in [0.3, 0.4) is 0 Å². The van der Waals surface area contributed by atoms with E-state index in [1.807, 2.05) is 97.9 Å². The highest BCUT2D eigenvalue weighted by molar-refractivity contribution is 7.86. The Labute approximate surface area is 225 Å². The first kappa shape index (κ1) is 27.5. The zero-order chi connectivity index (χ0) is 26.8. The number of rotatable bonds is 13. The average Bonchev–Trinajstić information content (AvgIpc) is 2.96. The molecule has 0 aromatic heterocycles. The van der Waals surface area contributed by atoms with Gasteiger partial charge in [-0.3, -0.25) is 4.18 Å². The maximum atomic E-state index is 12.8. The normalized spacial score (nSPS) is 12.7. The van der Waals surface area contributed by atoms with Crippen molar-refractivity contribution in [3.8, 4) is 0 Å². The number of ether oxygens (including phenoxy) is 2. The van der Waals surface area contributed by atoms with E-state index in [9.17, 15) is 8.42 Å². The maximum absolute atomic E-state index is 12.8. The third kappa shape index (κ3) is 6.47. The first-order valence-corrected chi connectivity index (χ1v) is 13.9. The molecule has 4 aromatic rings.